The Morgan fingerprint density at radius 2 is 1.44 bits per heavy atom. The minimum atomic E-state index is -1.60. The molecule has 2 unspecified atom stereocenters. The zero-order chi connectivity index (χ0) is 23.1. The molecule has 3 rings (SSSR count). The van der Waals surface area contributed by atoms with Crippen LogP contribution < -0.4 is 16.4 Å². The summed E-state index contributed by atoms with van der Waals surface area (Å²) in [6.45, 7) is 0. The van der Waals surface area contributed by atoms with Crippen LogP contribution >= 0.6 is 0 Å². The third kappa shape index (κ3) is 6.10. The smallest absolute Gasteiger partial charge is 0.316 e. The number of carbonyl (C=O) groups excluding carboxylic acids is 2. The quantitative estimate of drug-likeness (QED) is 0.385. The van der Waals surface area contributed by atoms with E-state index in [9.17, 15) is 24.0 Å². The molecule has 0 heterocycles. The summed E-state index contributed by atoms with van der Waals surface area (Å²) in [6, 6.07) is 20.8. The van der Waals surface area contributed by atoms with E-state index >= 15 is 0 Å². The van der Waals surface area contributed by atoms with Crippen molar-refractivity contribution in [1.82, 2.24) is 0 Å². The molecule has 0 saturated heterocycles. The molecule has 5 N–H and O–H groups in total. The van der Waals surface area contributed by atoms with Crippen molar-refractivity contribution in [2.75, 3.05) is 10.6 Å². The van der Waals surface area contributed by atoms with Gasteiger partial charge in [-0.3, -0.25) is 9.59 Å². The highest BCUT2D eigenvalue weighted by molar-refractivity contribution is 7.91. The zero-order valence-electron chi connectivity index (χ0n) is 16.9. The van der Waals surface area contributed by atoms with Crippen LogP contribution in [0.4, 0.5) is 16.2 Å². The number of urea groups is 1. The lowest BCUT2D eigenvalue weighted by Crippen LogP contribution is -2.19. The van der Waals surface area contributed by atoms with Crippen LogP contribution in [0.5, 0.6) is 0 Å². The number of benzene rings is 3. The Balaban J connectivity index is 1.70. The summed E-state index contributed by atoms with van der Waals surface area (Å²) in [5.41, 5.74) is 7.07. The number of nitrogens with one attached hydrogen (secondary N) is 2. The summed E-state index contributed by atoms with van der Waals surface area (Å²) in [5.74, 6) is -1.40. The number of hydrogen-bond donors (Lipinski definition) is 4. The Morgan fingerprint density at radius 1 is 0.875 bits per heavy atom. The van der Waals surface area contributed by atoms with Crippen LogP contribution in [0, 0.1) is 0 Å². The molecule has 0 saturated carbocycles. The van der Waals surface area contributed by atoms with Crippen molar-refractivity contribution >= 4 is 40.5 Å². The average Bonchev–Trinajstić information content (AvgIpc) is 2.78. The van der Waals surface area contributed by atoms with Gasteiger partial charge in [0.2, 0.25) is 0 Å². The number of aliphatic carboxylic acids is 1. The third-order valence-electron chi connectivity index (χ3n) is 4.55. The molecule has 0 aliphatic carbocycles. The monoisotopic (exact) mass is 451 g/mol. The molecule has 8 nitrogen and oxygen atoms in total. The molecule has 0 aliphatic rings. The molecule has 32 heavy (non-hydrogen) atoms. The summed E-state index contributed by atoms with van der Waals surface area (Å²) >= 11 is -1.60. The van der Waals surface area contributed by atoms with Gasteiger partial charge in [0.15, 0.2) is 10.1 Å². The number of carboxylic acid groups (broad SMARTS) is 1. The first-order chi connectivity index (χ1) is 15.3. The van der Waals surface area contributed by atoms with E-state index in [1.165, 1.54) is 0 Å². The summed E-state index contributed by atoms with van der Waals surface area (Å²) in [5, 5.41) is 13.7. The number of carboxylic acids is 1. The number of nitrogens with two attached hydrogens (primary N) is 1. The molecule has 0 radical (unpaired) electrons. The van der Waals surface area contributed by atoms with Gasteiger partial charge in [0.1, 0.15) is 0 Å². The minimum absolute atomic E-state index is 0.268. The number of hydrogen-bond acceptors (Lipinski definition) is 4. The summed E-state index contributed by atoms with van der Waals surface area (Å²) in [6.07, 6.45) is -0.268. The van der Waals surface area contributed by atoms with E-state index in [0.29, 0.717) is 27.4 Å². The Hall–Kier alpha value is -3.82. The fourth-order valence-corrected chi connectivity index (χ4v) is 4.46. The topological polar surface area (TPSA) is 145 Å². The lowest BCUT2D eigenvalue weighted by molar-refractivity contribution is -0.137. The van der Waals surface area contributed by atoms with Gasteiger partial charge in [-0.2, -0.15) is 0 Å². The maximum absolute atomic E-state index is 13.1. The predicted molar refractivity (Wildman–Crippen MR) is 122 cm³/mol. The van der Waals surface area contributed by atoms with E-state index in [-0.39, 0.29) is 12.3 Å². The molecule has 3 amide bonds. The van der Waals surface area contributed by atoms with E-state index < -0.39 is 28.4 Å². The molecule has 9 heteroatoms. The van der Waals surface area contributed by atoms with Crippen LogP contribution in [0.1, 0.15) is 27.6 Å². The van der Waals surface area contributed by atoms with Gasteiger partial charge in [-0.15, -0.1) is 0 Å². The van der Waals surface area contributed by atoms with Crippen LogP contribution in [0.25, 0.3) is 0 Å². The van der Waals surface area contributed by atoms with Crippen LogP contribution in [0.15, 0.2) is 83.8 Å². The molecule has 0 fully saturated rings. The summed E-state index contributed by atoms with van der Waals surface area (Å²) in [7, 11) is 0. The zero-order valence-corrected chi connectivity index (χ0v) is 17.7. The second kappa shape index (κ2) is 10.5. The number of primary amides is 1. The van der Waals surface area contributed by atoms with E-state index in [4.69, 9.17) is 5.73 Å². The highest BCUT2D eigenvalue weighted by Crippen LogP contribution is 2.32. The number of carbonyl (C=O) groups is 3. The van der Waals surface area contributed by atoms with Crippen molar-refractivity contribution in [3.05, 3.63) is 90.0 Å². The molecular weight excluding hydrogens is 430 g/mol. The number of anilines is 2. The van der Waals surface area contributed by atoms with Gasteiger partial charge >= 0.3 is 12.0 Å². The molecule has 164 valence electrons. The SMILES string of the molecule is NC(=O)Nc1ccc(C(=O)Nc2ccc([S+]([O-])C(CC(=O)O)c3ccccc3)cc2)cc1. The Morgan fingerprint density at radius 3 is 2.00 bits per heavy atom. The predicted octanol–water partition coefficient (Wildman–Crippen LogP) is 3.75. The molecule has 0 spiro atoms. The first-order valence-electron chi connectivity index (χ1n) is 9.59. The van der Waals surface area contributed by atoms with Crippen LogP contribution in [-0.4, -0.2) is 27.6 Å². The van der Waals surface area contributed by atoms with Gasteiger partial charge in [-0.05, 0) is 59.7 Å². The van der Waals surface area contributed by atoms with Crippen molar-refractivity contribution in [3.63, 3.8) is 0 Å². The Bertz CT molecular complexity index is 1090. The second-order valence-electron chi connectivity index (χ2n) is 6.84. The summed E-state index contributed by atoms with van der Waals surface area (Å²) in [4.78, 5) is 35.0. The first-order valence-corrected chi connectivity index (χ1v) is 10.8. The number of rotatable bonds is 8. The first kappa shape index (κ1) is 22.9. The van der Waals surface area contributed by atoms with Crippen molar-refractivity contribution in [2.24, 2.45) is 5.73 Å². The highest BCUT2D eigenvalue weighted by atomic mass is 32.2. The van der Waals surface area contributed by atoms with E-state index in [1.807, 2.05) is 6.07 Å². The minimum Gasteiger partial charge on any atom is -0.611 e. The molecule has 0 bridgehead atoms. The molecule has 0 aliphatic heterocycles. The molecule has 2 atom stereocenters. The lowest BCUT2D eigenvalue weighted by Gasteiger charge is -2.20. The average molecular weight is 452 g/mol. The van der Waals surface area contributed by atoms with Crippen LogP contribution in [-0.2, 0) is 16.0 Å². The van der Waals surface area contributed by atoms with Gasteiger partial charge in [-0.1, -0.05) is 30.3 Å². The van der Waals surface area contributed by atoms with E-state index in [0.717, 1.165) is 0 Å². The maximum atomic E-state index is 13.1. The fourth-order valence-electron chi connectivity index (χ4n) is 3.03. The van der Waals surface area contributed by atoms with E-state index in [2.05, 4.69) is 10.6 Å². The van der Waals surface area contributed by atoms with Gasteiger partial charge < -0.3 is 26.0 Å². The third-order valence-corrected chi connectivity index (χ3v) is 6.24. The van der Waals surface area contributed by atoms with Crippen LogP contribution in [0.3, 0.4) is 0 Å². The summed E-state index contributed by atoms with van der Waals surface area (Å²) < 4.78 is 13.1. The lowest BCUT2D eigenvalue weighted by atomic mass is 10.1. The highest BCUT2D eigenvalue weighted by Gasteiger charge is 2.29. The molecular formula is C23H21N3O5S. The second-order valence-corrected chi connectivity index (χ2v) is 8.47. The fraction of sp³-hybridized carbons (Fsp3) is 0.0870. The molecule has 3 aromatic carbocycles. The molecule has 0 aromatic heterocycles. The normalized spacial score (nSPS) is 12.4. The van der Waals surface area contributed by atoms with Crippen LogP contribution in [0.2, 0.25) is 0 Å². The maximum Gasteiger partial charge on any atom is 0.316 e. The largest absolute Gasteiger partial charge is 0.611 e. The Kier molecular flexibility index (Phi) is 7.48. The molecule has 3 aromatic rings. The van der Waals surface area contributed by atoms with Crippen molar-refractivity contribution < 1.29 is 24.0 Å². The van der Waals surface area contributed by atoms with Gasteiger partial charge in [0.25, 0.3) is 5.91 Å². The van der Waals surface area contributed by atoms with Crippen molar-refractivity contribution in [3.8, 4) is 0 Å². The van der Waals surface area contributed by atoms with Crippen molar-refractivity contribution in [2.45, 2.75) is 16.6 Å². The van der Waals surface area contributed by atoms with Gasteiger partial charge in [0, 0.05) is 22.5 Å². The number of amides is 3. The Labute approximate surface area is 187 Å². The van der Waals surface area contributed by atoms with E-state index in [1.54, 1.807) is 72.8 Å². The van der Waals surface area contributed by atoms with Gasteiger partial charge in [-0.25, -0.2) is 4.79 Å². The standard InChI is InChI=1S/C23H21N3O5S/c24-23(30)26-18-8-6-16(7-9-18)22(29)25-17-10-12-19(13-11-17)32(31)20(14-21(27)28)15-4-2-1-3-5-15/h1-13,20H,14H2,(H,25,29)(H,27,28)(H3,24,26,30). The van der Waals surface area contributed by atoms with Gasteiger partial charge in [0.05, 0.1) is 6.42 Å². The van der Waals surface area contributed by atoms with Crippen molar-refractivity contribution in [1.29, 1.82) is 0 Å².